The molecule has 0 saturated heterocycles. The lowest BCUT2D eigenvalue weighted by Gasteiger charge is -2.38. The second-order valence-electron chi connectivity index (χ2n) is 6.24. The van der Waals surface area contributed by atoms with Crippen LogP contribution >= 0.6 is 0 Å². The zero-order valence-electron chi connectivity index (χ0n) is 14.6. The van der Waals surface area contributed by atoms with Crippen LogP contribution in [0.1, 0.15) is 33.1 Å². The molecule has 22 heavy (non-hydrogen) atoms. The third-order valence-corrected chi connectivity index (χ3v) is 6.62. The SMILES string of the molecule is CCCC1(OC)C=C(S(=O)(=O)[N+](C)(C)CCC)C=CC1OC. The highest BCUT2D eigenvalue weighted by Gasteiger charge is 2.43. The number of sulfonamides is 1. The van der Waals surface area contributed by atoms with Gasteiger partial charge in [-0.15, -0.1) is 0 Å². The lowest BCUT2D eigenvalue weighted by Crippen LogP contribution is -2.49. The number of methoxy groups -OCH3 is 2. The molecular weight excluding hydrogens is 302 g/mol. The van der Waals surface area contributed by atoms with E-state index in [0.717, 1.165) is 12.8 Å². The Bertz CT molecular complexity index is 536. The first-order valence-corrected chi connectivity index (χ1v) is 9.22. The van der Waals surface area contributed by atoms with Crippen LogP contribution in [0, 0.1) is 0 Å². The van der Waals surface area contributed by atoms with Crippen molar-refractivity contribution >= 4 is 10.0 Å². The first-order valence-electron chi connectivity index (χ1n) is 7.78. The molecule has 0 N–H and O–H groups in total. The molecule has 128 valence electrons. The van der Waals surface area contributed by atoms with E-state index in [0.29, 0.717) is 17.9 Å². The highest BCUT2D eigenvalue weighted by atomic mass is 32.2. The molecule has 5 nitrogen and oxygen atoms in total. The molecule has 0 radical (unpaired) electrons. The molecule has 1 aliphatic rings. The van der Waals surface area contributed by atoms with Crippen molar-refractivity contribution in [2.24, 2.45) is 0 Å². The fourth-order valence-corrected chi connectivity index (χ4v) is 4.57. The van der Waals surface area contributed by atoms with Gasteiger partial charge in [-0.2, -0.15) is 8.42 Å². The van der Waals surface area contributed by atoms with Gasteiger partial charge in [0.25, 0.3) is 0 Å². The minimum absolute atomic E-state index is 0.0662. The van der Waals surface area contributed by atoms with Crippen LogP contribution in [-0.4, -0.2) is 58.9 Å². The van der Waals surface area contributed by atoms with Crippen molar-refractivity contribution in [1.82, 2.24) is 0 Å². The number of ether oxygens (including phenoxy) is 2. The summed E-state index contributed by atoms with van der Waals surface area (Å²) < 4.78 is 37.0. The zero-order chi connectivity index (χ0) is 17.0. The van der Waals surface area contributed by atoms with Crippen molar-refractivity contribution in [2.75, 3.05) is 34.9 Å². The van der Waals surface area contributed by atoms with Crippen LogP contribution in [0.25, 0.3) is 0 Å². The van der Waals surface area contributed by atoms with Crippen LogP contribution in [0.3, 0.4) is 0 Å². The topological polar surface area (TPSA) is 52.6 Å². The summed E-state index contributed by atoms with van der Waals surface area (Å²) in [6.07, 6.45) is 7.26. The molecule has 0 aromatic rings. The molecule has 0 aliphatic heterocycles. The van der Waals surface area contributed by atoms with Crippen molar-refractivity contribution in [3.8, 4) is 0 Å². The van der Waals surface area contributed by atoms with E-state index in [1.807, 2.05) is 13.8 Å². The molecule has 1 rings (SSSR count). The summed E-state index contributed by atoms with van der Waals surface area (Å²) in [7, 11) is 3.19. The Labute approximate surface area is 135 Å². The van der Waals surface area contributed by atoms with E-state index in [2.05, 4.69) is 0 Å². The van der Waals surface area contributed by atoms with Crippen LogP contribution < -0.4 is 0 Å². The Balaban J connectivity index is 3.33. The monoisotopic (exact) mass is 332 g/mol. The van der Waals surface area contributed by atoms with Gasteiger partial charge in [-0.05, 0) is 25.0 Å². The summed E-state index contributed by atoms with van der Waals surface area (Å²) in [6.45, 7) is 4.60. The summed E-state index contributed by atoms with van der Waals surface area (Å²) in [5.74, 6) is 0. The number of quaternary nitrogens is 1. The van der Waals surface area contributed by atoms with Crippen molar-refractivity contribution in [3.63, 3.8) is 0 Å². The Morgan fingerprint density at radius 3 is 2.32 bits per heavy atom. The van der Waals surface area contributed by atoms with Crippen LogP contribution in [0.15, 0.2) is 23.1 Å². The standard InChI is InChI=1S/C16H30NO4S/c1-7-11-16(21-6)13-14(9-10-15(16)20-5)22(18,19)17(3,4)12-8-2/h9-10,13,15H,7-8,11-12H2,1-6H3/q+1. The van der Waals surface area contributed by atoms with E-state index in [1.54, 1.807) is 46.5 Å². The molecule has 2 unspecified atom stereocenters. The lowest BCUT2D eigenvalue weighted by molar-refractivity contribution is -0.761. The maximum atomic E-state index is 13.0. The highest BCUT2D eigenvalue weighted by Crippen LogP contribution is 2.35. The van der Waals surface area contributed by atoms with Gasteiger partial charge in [0.1, 0.15) is 16.6 Å². The first kappa shape index (κ1) is 19.4. The van der Waals surface area contributed by atoms with Gasteiger partial charge in [0.05, 0.1) is 20.6 Å². The molecule has 2 atom stereocenters. The van der Waals surface area contributed by atoms with Gasteiger partial charge in [0.15, 0.2) is 0 Å². The van der Waals surface area contributed by atoms with Crippen molar-refractivity contribution < 1.29 is 21.8 Å². The zero-order valence-corrected chi connectivity index (χ0v) is 15.4. The molecule has 0 amide bonds. The first-order chi connectivity index (χ1) is 10.2. The van der Waals surface area contributed by atoms with E-state index in [-0.39, 0.29) is 9.99 Å². The van der Waals surface area contributed by atoms with E-state index >= 15 is 0 Å². The summed E-state index contributed by atoms with van der Waals surface area (Å²) in [6, 6.07) is 0. The summed E-state index contributed by atoms with van der Waals surface area (Å²) in [4.78, 5) is 0.314. The number of hydrogen-bond donors (Lipinski definition) is 0. The van der Waals surface area contributed by atoms with Crippen LogP contribution in [0.2, 0.25) is 0 Å². The minimum Gasteiger partial charge on any atom is -0.374 e. The summed E-state index contributed by atoms with van der Waals surface area (Å²) in [5, 5.41) is 0. The van der Waals surface area contributed by atoms with E-state index in [4.69, 9.17) is 9.47 Å². The average Bonchev–Trinajstić information content (AvgIpc) is 2.47. The quantitative estimate of drug-likeness (QED) is 0.641. The largest absolute Gasteiger partial charge is 0.374 e. The summed E-state index contributed by atoms with van der Waals surface area (Å²) >= 11 is 0. The fraction of sp³-hybridized carbons (Fsp3) is 0.750. The molecule has 6 heteroatoms. The predicted molar refractivity (Wildman–Crippen MR) is 88.9 cm³/mol. The number of nitrogens with zero attached hydrogens (tertiary/aromatic N) is 1. The summed E-state index contributed by atoms with van der Waals surface area (Å²) in [5.41, 5.74) is -0.729. The molecule has 0 aromatic carbocycles. The van der Waals surface area contributed by atoms with Gasteiger partial charge < -0.3 is 9.47 Å². The maximum absolute atomic E-state index is 13.0. The molecule has 0 heterocycles. The van der Waals surface area contributed by atoms with Crippen LogP contribution in [0.4, 0.5) is 0 Å². The molecule has 1 aliphatic carbocycles. The molecule has 0 aromatic heterocycles. The van der Waals surface area contributed by atoms with Gasteiger partial charge in [-0.1, -0.05) is 26.3 Å². The van der Waals surface area contributed by atoms with Crippen molar-refractivity contribution in [3.05, 3.63) is 23.1 Å². The number of hydrogen-bond acceptors (Lipinski definition) is 4. The van der Waals surface area contributed by atoms with Crippen molar-refractivity contribution in [2.45, 2.75) is 44.8 Å². The van der Waals surface area contributed by atoms with E-state index in [1.165, 1.54) is 0 Å². The highest BCUT2D eigenvalue weighted by molar-refractivity contribution is 7.90. The molecule has 0 saturated carbocycles. The Morgan fingerprint density at radius 1 is 1.23 bits per heavy atom. The Morgan fingerprint density at radius 2 is 1.86 bits per heavy atom. The third-order valence-electron chi connectivity index (χ3n) is 4.29. The number of allylic oxidation sites excluding steroid dienone is 1. The second kappa shape index (κ2) is 7.25. The Hall–Kier alpha value is -0.690. The number of rotatable bonds is 8. The van der Waals surface area contributed by atoms with Crippen LogP contribution in [-0.2, 0) is 19.5 Å². The van der Waals surface area contributed by atoms with E-state index < -0.39 is 15.6 Å². The lowest BCUT2D eigenvalue weighted by atomic mass is 9.87. The van der Waals surface area contributed by atoms with Crippen LogP contribution in [0.5, 0.6) is 0 Å². The Kier molecular flexibility index (Phi) is 6.38. The molecular formula is C16H30NO4S+. The van der Waals surface area contributed by atoms with Gasteiger partial charge in [0.2, 0.25) is 0 Å². The third kappa shape index (κ3) is 3.45. The smallest absolute Gasteiger partial charge is 0.326 e. The molecule has 0 spiro atoms. The average molecular weight is 332 g/mol. The fourth-order valence-electron chi connectivity index (χ4n) is 2.98. The molecule has 0 bridgehead atoms. The van der Waals surface area contributed by atoms with E-state index in [9.17, 15) is 8.42 Å². The van der Waals surface area contributed by atoms with Gasteiger partial charge in [-0.3, -0.25) is 0 Å². The molecule has 0 fully saturated rings. The van der Waals surface area contributed by atoms with Gasteiger partial charge in [0, 0.05) is 14.2 Å². The van der Waals surface area contributed by atoms with Crippen molar-refractivity contribution in [1.29, 1.82) is 0 Å². The minimum atomic E-state index is -3.48. The second-order valence-corrected chi connectivity index (χ2v) is 8.65. The van der Waals surface area contributed by atoms with Gasteiger partial charge >= 0.3 is 10.0 Å². The normalized spacial score (nSPS) is 26.1. The van der Waals surface area contributed by atoms with Gasteiger partial charge in [-0.25, -0.2) is 3.89 Å². The predicted octanol–water partition coefficient (Wildman–Crippen LogP) is 2.46. The maximum Gasteiger partial charge on any atom is 0.326 e.